The molecule has 1 aromatic carbocycles. The maximum atomic E-state index is 12.0. The minimum absolute atomic E-state index is 0.00204. The second kappa shape index (κ2) is 7.17. The van der Waals surface area contributed by atoms with E-state index in [2.05, 4.69) is 44.1 Å². The third-order valence-corrected chi connectivity index (χ3v) is 3.51. The van der Waals surface area contributed by atoms with Gasteiger partial charge in [0.2, 0.25) is 0 Å². The summed E-state index contributed by atoms with van der Waals surface area (Å²) in [6, 6.07) is 5.98. The van der Waals surface area contributed by atoms with E-state index in [9.17, 15) is 4.79 Å². The van der Waals surface area contributed by atoms with E-state index in [4.69, 9.17) is 0 Å². The molecule has 0 bridgehead atoms. The number of hydrogen-bond donors (Lipinski definition) is 1. The van der Waals surface area contributed by atoms with Crippen molar-refractivity contribution in [3.05, 3.63) is 33.8 Å². The Kier molecular flexibility index (Phi) is 6.20. The molecule has 0 saturated carbocycles. The predicted molar refractivity (Wildman–Crippen MR) is 78.8 cm³/mol. The van der Waals surface area contributed by atoms with E-state index < -0.39 is 0 Å². The molecule has 94 valence electrons. The van der Waals surface area contributed by atoms with E-state index in [1.807, 2.05) is 25.1 Å². The average Bonchev–Trinajstić information content (AvgIpc) is 2.27. The zero-order chi connectivity index (χ0) is 12.8. The first-order valence-electron chi connectivity index (χ1n) is 5.70. The molecule has 0 aliphatic rings. The largest absolute Gasteiger partial charge is 0.349 e. The van der Waals surface area contributed by atoms with Crippen molar-refractivity contribution >= 4 is 37.8 Å². The fourth-order valence-electron chi connectivity index (χ4n) is 1.65. The topological polar surface area (TPSA) is 29.1 Å². The van der Waals surface area contributed by atoms with Crippen LogP contribution in [0.5, 0.6) is 0 Å². The SMILES string of the molecule is CCC(CCBr)NC(=O)c1cc(C)cc(Br)c1. The van der Waals surface area contributed by atoms with Crippen molar-refractivity contribution in [2.75, 3.05) is 5.33 Å². The normalized spacial score (nSPS) is 12.2. The van der Waals surface area contributed by atoms with Crippen molar-refractivity contribution < 1.29 is 4.79 Å². The number of carbonyl (C=O) groups is 1. The molecule has 1 atom stereocenters. The second-order valence-electron chi connectivity index (χ2n) is 4.07. The smallest absolute Gasteiger partial charge is 0.251 e. The number of carbonyl (C=O) groups excluding carboxylic acids is 1. The van der Waals surface area contributed by atoms with Crippen molar-refractivity contribution in [2.24, 2.45) is 0 Å². The van der Waals surface area contributed by atoms with Gasteiger partial charge in [0.05, 0.1) is 0 Å². The van der Waals surface area contributed by atoms with Crippen LogP contribution in [0.2, 0.25) is 0 Å². The number of benzene rings is 1. The number of nitrogens with one attached hydrogen (secondary N) is 1. The summed E-state index contributed by atoms with van der Waals surface area (Å²) in [7, 11) is 0. The van der Waals surface area contributed by atoms with Crippen molar-refractivity contribution in [3.63, 3.8) is 0 Å². The molecule has 0 radical (unpaired) electrons. The Labute approximate surface area is 119 Å². The van der Waals surface area contributed by atoms with Crippen LogP contribution in [0.4, 0.5) is 0 Å². The van der Waals surface area contributed by atoms with Gasteiger partial charge in [-0.05, 0) is 43.5 Å². The van der Waals surface area contributed by atoms with Gasteiger partial charge in [-0.2, -0.15) is 0 Å². The molecule has 1 aromatic rings. The van der Waals surface area contributed by atoms with Crippen molar-refractivity contribution in [1.29, 1.82) is 0 Å². The van der Waals surface area contributed by atoms with Crippen molar-refractivity contribution in [2.45, 2.75) is 32.7 Å². The summed E-state index contributed by atoms with van der Waals surface area (Å²) in [6.45, 7) is 4.07. The van der Waals surface area contributed by atoms with E-state index in [0.717, 1.165) is 28.2 Å². The Balaban J connectivity index is 2.75. The summed E-state index contributed by atoms with van der Waals surface area (Å²) in [5.41, 5.74) is 1.79. The Morgan fingerprint density at radius 3 is 2.65 bits per heavy atom. The van der Waals surface area contributed by atoms with Gasteiger partial charge in [-0.3, -0.25) is 4.79 Å². The zero-order valence-corrected chi connectivity index (χ0v) is 13.3. The lowest BCUT2D eigenvalue weighted by Gasteiger charge is -2.16. The summed E-state index contributed by atoms with van der Waals surface area (Å²) in [6.07, 6.45) is 1.90. The molecular formula is C13H17Br2NO. The number of rotatable bonds is 5. The molecule has 1 rings (SSSR count). The highest BCUT2D eigenvalue weighted by Gasteiger charge is 2.12. The van der Waals surface area contributed by atoms with Crippen LogP contribution in [0.25, 0.3) is 0 Å². The van der Waals surface area contributed by atoms with Gasteiger partial charge >= 0.3 is 0 Å². The molecule has 1 unspecified atom stereocenters. The fourth-order valence-corrected chi connectivity index (χ4v) is 2.81. The van der Waals surface area contributed by atoms with Crippen LogP contribution in [0.1, 0.15) is 35.7 Å². The first-order chi connectivity index (χ1) is 8.06. The number of halogens is 2. The molecule has 0 saturated heterocycles. The highest BCUT2D eigenvalue weighted by Crippen LogP contribution is 2.15. The molecule has 0 aromatic heterocycles. The van der Waals surface area contributed by atoms with E-state index in [-0.39, 0.29) is 11.9 Å². The minimum Gasteiger partial charge on any atom is -0.349 e. The van der Waals surface area contributed by atoms with E-state index >= 15 is 0 Å². The number of amides is 1. The third kappa shape index (κ3) is 4.80. The Hall–Kier alpha value is -0.350. The lowest BCUT2D eigenvalue weighted by Crippen LogP contribution is -2.34. The van der Waals surface area contributed by atoms with Crippen LogP contribution in [-0.2, 0) is 0 Å². The molecule has 0 spiro atoms. The first-order valence-corrected chi connectivity index (χ1v) is 7.62. The molecule has 0 aliphatic carbocycles. The van der Waals surface area contributed by atoms with E-state index in [1.165, 1.54) is 0 Å². The van der Waals surface area contributed by atoms with Crippen LogP contribution >= 0.6 is 31.9 Å². The van der Waals surface area contributed by atoms with Gasteiger partial charge in [0.25, 0.3) is 5.91 Å². The molecule has 0 aliphatic heterocycles. The van der Waals surface area contributed by atoms with Crippen LogP contribution in [0, 0.1) is 6.92 Å². The van der Waals surface area contributed by atoms with Crippen LogP contribution < -0.4 is 5.32 Å². The summed E-state index contributed by atoms with van der Waals surface area (Å²) in [5, 5.41) is 3.95. The number of hydrogen-bond acceptors (Lipinski definition) is 1. The molecule has 0 fully saturated rings. The molecule has 4 heteroatoms. The maximum absolute atomic E-state index is 12.0. The highest BCUT2D eigenvalue weighted by molar-refractivity contribution is 9.10. The third-order valence-electron chi connectivity index (χ3n) is 2.59. The Morgan fingerprint density at radius 1 is 1.41 bits per heavy atom. The quantitative estimate of drug-likeness (QED) is 0.786. The lowest BCUT2D eigenvalue weighted by molar-refractivity contribution is 0.0935. The average molecular weight is 363 g/mol. The minimum atomic E-state index is 0.00204. The predicted octanol–water partition coefficient (Wildman–Crippen LogP) is 4.05. The second-order valence-corrected chi connectivity index (χ2v) is 5.78. The zero-order valence-electron chi connectivity index (χ0n) is 10.1. The molecule has 0 heterocycles. The summed E-state index contributed by atoms with van der Waals surface area (Å²) in [4.78, 5) is 12.0. The van der Waals surface area contributed by atoms with Crippen molar-refractivity contribution in [3.8, 4) is 0 Å². The number of aryl methyl sites for hydroxylation is 1. The van der Waals surface area contributed by atoms with Crippen LogP contribution in [0.15, 0.2) is 22.7 Å². The maximum Gasteiger partial charge on any atom is 0.251 e. The summed E-state index contributed by atoms with van der Waals surface area (Å²) >= 11 is 6.81. The monoisotopic (exact) mass is 361 g/mol. The number of alkyl halides is 1. The molecule has 17 heavy (non-hydrogen) atoms. The Morgan fingerprint density at radius 2 is 2.12 bits per heavy atom. The van der Waals surface area contributed by atoms with Crippen molar-refractivity contribution in [1.82, 2.24) is 5.32 Å². The van der Waals surface area contributed by atoms with Gasteiger partial charge in [-0.1, -0.05) is 38.8 Å². The molecule has 1 amide bonds. The standard InChI is InChI=1S/C13H17Br2NO/c1-3-12(4-5-14)16-13(17)10-6-9(2)7-11(15)8-10/h6-8,12H,3-5H2,1-2H3,(H,16,17). The van der Waals surface area contributed by atoms with Gasteiger partial charge in [-0.25, -0.2) is 0 Å². The first kappa shape index (κ1) is 14.7. The van der Waals surface area contributed by atoms with Crippen LogP contribution in [-0.4, -0.2) is 17.3 Å². The Bertz CT molecular complexity index is 373. The van der Waals surface area contributed by atoms with Gasteiger partial charge in [0.15, 0.2) is 0 Å². The van der Waals surface area contributed by atoms with E-state index in [0.29, 0.717) is 5.56 Å². The summed E-state index contributed by atoms with van der Waals surface area (Å²) in [5.74, 6) is 0.00204. The van der Waals surface area contributed by atoms with Gasteiger partial charge in [0.1, 0.15) is 0 Å². The van der Waals surface area contributed by atoms with E-state index in [1.54, 1.807) is 0 Å². The van der Waals surface area contributed by atoms with Gasteiger partial charge in [0, 0.05) is 21.4 Å². The molecule has 1 N–H and O–H groups in total. The summed E-state index contributed by atoms with van der Waals surface area (Å²) < 4.78 is 0.941. The molecule has 2 nitrogen and oxygen atoms in total. The lowest BCUT2D eigenvalue weighted by atomic mass is 10.1. The van der Waals surface area contributed by atoms with Gasteiger partial charge in [-0.15, -0.1) is 0 Å². The fraction of sp³-hybridized carbons (Fsp3) is 0.462. The highest BCUT2D eigenvalue weighted by atomic mass is 79.9. The molecular weight excluding hydrogens is 346 g/mol. The van der Waals surface area contributed by atoms with Gasteiger partial charge < -0.3 is 5.32 Å². The van der Waals surface area contributed by atoms with Crippen LogP contribution in [0.3, 0.4) is 0 Å².